The van der Waals surface area contributed by atoms with E-state index < -0.39 is 59.1 Å². The van der Waals surface area contributed by atoms with Crippen molar-refractivity contribution in [1.29, 1.82) is 0 Å². The van der Waals surface area contributed by atoms with E-state index in [1.807, 2.05) is 34.6 Å². The highest BCUT2D eigenvalue weighted by molar-refractivity contribution is 6.37. The summed E-state index contributed by atoms with van der Waals surface area (Å²) in [5.41, 5.74) is 4.39. The molecule has 0 unspecified atom stereocenters. The number of carbonyl (C=O) groups is 6. The quantitative estimate of drug-likeness (QED) is 0.257. The van der Waals surface area contributed by atoms with Crippen molar-refractivity contribution in [3.05, 3.63) is 0 Å². The lowest BCUT2D eigenvalue weighted by Crippen LogP contribution is -2.62. The number of likely N-dealkylation sites (tertiary alicyclic amines) is 2. The van der Waals surface area contributed by atoms with Gasteiger partial charge in [-0.15, -0.1) is 0 Å². The number of primary amides is 1. The number of nitrogens with one attached hydrogen (secondary N) is 3. The van der Waals surface area contributed by atoms with Gasteiger partial charge in [0.05, 0.1) is 6.04 Å². The summed E-state index contributed by atoms with van der Waals surface area (Å²) in [5, 5.41) is 8.43. The molecule has 12 heteroatoms. The van der Waals surface area contributed by atoms with E-state index in [9.17, 15) is 28.8 Å². The number of piperidine rings is 2. The second-order valence-electron chi connectivity index (χ2n) is 15.4. The van der Waals surface area contributed by atoms with E-state index in [0.717, 1.165) is 32.1 Å². The Kier molecular flexibility index (Phi) is 9.71. The Morgan fingerprint density at radius 1 is 0.909 bits per heavy atom. The summed E-state index contributed by atoms with van der Waals surface area (Å²) in [6, 6.07) is -4.24. The molecule has 2 saturated carbocycles. The van der Waals surface area contributed by atoms with E-state index in [1.165, 1.54) is 4.90 Å². The Bertz CT molecular complexity index is 1170. The number of ketones is 1. The number of urea groups is 1. The highest BCUT2D eigenvalue weighted by Gasteiger charge is 2.70. The Morgan fingerprint density at radius 2 is 1.52 bits per heavy atom. The molecule has 12 nitrogen and oxygen atoms in total. The predicted molar refractivity (Wildman–Crippen MR) is 164 cm³/mol. The van der Waals surface area contributed by atoms with Gasteiger partial charge in [-0.1, -0.05) is 61.3 Å². The molecule has 246 valence electrons. The summed E-state index contributed by atoms with van der Waals surface area (Å²) in [5.74, 6) is -2.90. The summed E-state index contributed by atoms with van der Waals surface area (Å²) in [6.07, 6.45) is 5.13. The first-order chi connectivity index (χ1) is 20.4. The van der Waals surface area contributed by atoms with Crippen molar-refractivity contribution in [3.8, 4) is 0 Å². The van der Waals surface area contributed by atoms with Crippen LogP contribution in [0.4, 0.5) is 4.79 Å². The average molecular weight is 617 g/mol. The molecule has 0 aromatic heterocycles. The zero-order chi connectivity index (χ0) is 32.7. The van der Waals surface area contributed by atoms with Crippen molar-refractivity contribution >= 4 is 35.4 Å². The summed E-state index contributed by atoms with van der Waals surface area (Å²) < 4.78 is 0. The van der Waals surface area contributed by atoms with Crippen LogP contribution in [-0.4, -0.2) is 89.0 Å². The molecular formula is C32H52N6O6. The van der Waals surface area contributed by atoms with Crippen LogP contribution in [-0.2, 0) is 24.0 Å². The van der Waals surface area contributed by atoms with Gasteiger partial charge >= 0.3 is 6.03 Å². The van der Waals surface area contributed by atoms with Crippen LogP contribution in [0.2, 0.25) is 0 Å². The molecule has 4 rings (SSSR count). The molecule has 0 aromatic rings. The number of nitrogens with zero attached hydrogens (tertiary/aromatic N) is 2. The minimum Gasteiger partial charge on any atom is -0.363 e. The smallest absolute Gasteiger partial charge is 0.316 e. The Balaban J connectivity index is 1.51. The maximum Gasteiger partial charge on any atom is 0.316 e. The molecule has 2 saturated heterocycles. The number of Topliss-reactive ketones (excluding diaryl/α,β-unsaturated/α-hetero) is 1. The largest absolute Gasteiger partial charge is 0.363 e. The van der Waals surface area contributed by atoms with Crippen LogP contribution < -0.4 is 21.7 Å². The predicted octanol–water partition coefficient (Wildman–Crippen LogP) is 1.56. The first-order valence-electron chi connectivity index (χ1n) is 16.3. The highest BCUT2D eigenvalue weighted by Crippen LogP contribution is 2.65. The Labute approximate surface area is 261 Å². The van der Waals surface area contributed by atoms with Crippen molar-refractivity contribution in [2.75, 3.05) is 19.6 Å². The lowest BCUT2D eigenvalue weighted by atomic mass is 9.85. The lowest BCUT2D eigenvalue weighted by Gasteiger charge is -2.38. The summed E-state index contributed by atoms with van der Waals surface area (Å²) in [4.78, 5) is 82.3. The van der Waals surface area contributed by atoms with Gasteiger partial charge in [0.25, 0.3) is 5.91 Å². The van der Waals surface area contributed by atoms with Crippen LogP contribution in [0.15, 0.2) is 0 Å². The molecule has 2 heterocycles. The SMILES string of the molecule is CC(C)[C@H](NC(=O)N[C@H](C(=O)N1C[C@H]2[C@@H]([C@H]1C(=O)N[C@@H](CC1CC1)C(=O)C(N)=O)C2(C)C)C(C)(C)C)C(=O)N1CCCCC1. The highest BCUT2D eigenvalue weighted by atomic mass is 16.2. The summed E-state index contributed by atoms with van der Waals surface area (Å²) in [6.45, 7) is 15.0. The van der Waals surface area contributed by atoms with Gasteiger partial charge in [-0.3, -0.25) is 24.0 Å². The normalized spacial score (nSPS) is 26.2. The van der Waals surface area contributed by atoms with E-state index >= 15 is 0 Å². The van der Waals surface area contributed by atoms with Gasteiger partial charge in [0.15, 0.2) is 0 Å². The van der Waals surface area contributed by atoms with E-state index in [4.69, 9.17) is 5.73 Å². The number of carbonyl (C=O) groups excluding carboxylic acids is 6. The fraction of sp³-hybridized carbons (Fsp3) is 0.812. The molecule has 0 radical (unpaired) electrons. The minimum absolute atomic E-state index is 0.0813. The van der Waals surface area contributed by atoms with Crippen molar-refractivity contribution in [2.45, 2.75) is 111 Å². The molecule has 4 fully saturated rings. The van der Waals surface area contributed by atoms with Crippen LogP contribution in [0.3, 0.4) is 0 Å². The van der Waals surface area contributed by atoms with Crippen molar-refractivity contribution in [2.24, 2.45) is 40.2 Å². The van der Waals surface area contributed by atoms with Gasteiger partial charge in [-0.25, -0.2) is 4.79 Å². The molecule has 44 heavy (non-hydrogen) atoms. The number of hydrogen-bond donors (Lipinski definition) is 4. The van der Waals surface area contributed by atoms with E-state index in [1.54, 1.807) is 4.90 Å². The lowest BCUT2D eigenvalue weighted by molar-refractivity contribution is -0.145. The van der Waals surface area contributed by atoms with Gasteiger partial charge in [-0.05, 0) is 60.2 Å². The molecule has 2 aliphatic carbocycles. The third-order valence-corrected chi connectivity index (χ3v) is 10.2. The zero-order valence-electron chi connectivity index (χ0n) is 27.4. The number of rotatable bonds is 11. The zero-order valence-corrected chi connectivity index (χ0v) is 27.4. The second-order valence-corrected chi connectivity index (χ2v) is 15.4. The van der Waals surface area contributed by atoms with Gasteiger partial charge < -0.3 is 31.5 Å². The van der Waals surface area contributed by atoms with Crippen LogP contribution in [0.5, 0.6) is 0 Å². The average Bonchev–Trinajstić information content (AvgIpc) is 3.80. The number of fused-ring (bicyclic) bond motifs is 1. The molecule has 6 atom stereocenters. The summed E-state index contributed by atoms with van der Waals surface area (Å²) >= 11 is 0. The molecular weight excluding hydrogens is 564 g/mol. The third-order valence-electron chi connectivity index (χ3n) is 10.2. The number of amides is 6. The molecule has 0 bridgehead atoms. The maximum atomic E-state index is 14.2. The number of nitrogens with two attached hydrogens (primary N) is 1. The van der Waals surface area contributed by atoms with Gasteiger partial charge in [0.2, 0.25) is 23.5 Å². The fourth-order valence-electron chi connectivity index (χ4n) is 7.11. The maximum absolute atomic E-state index is 14.2. The Morgan fingerprint density at radius 3 is 2.05 bits per heavy atom. The van der Waals surface area contributed by atoms with E-state index in [-0.39, 0.29) is 35.0 Å². The fourth-order valence-corrected chi connectivity index (χ4v) is 7.11. The van der Waals surface area contributed by atoms with Gasteiger partial charge in [0.1, 0.15) is 18.1 Å². The van der Waals surface area contributed by atoms with Gasteiger partial charge in [-0.2, -0.15) is 0 Å². The van der Waals surface area contributed by atoms with Crippen LogP contribution in [0, 0.1) is 34.5 Å². The van der Waals surface area contributed by atoms with Gasteiger partial charge in [0, 0.05) is 19.6 Å². The standard InChI is InChI=1S/C32H52N6O6/c1-17(2)22(28(42)37-13-9-8-10-14-37)35-30(44)36-25(31(3,4)5)29(43)38-16-19-21(32(19,6)7)23(38)27(41)34-20(15-18-11-12-18)24(39)26(33)40/h17-23,25H,8-16H2,1-7H3,(H2,33,40)(H,34,41)(H2,35,36,44)/t19-,20-,21-,22-,23-,25+/m0/s1. The molecule has 2 aliphatic heterocycles. The first-order valence-corrected chi connectivity index (χ1v) is 16.3. The van der Waals surface area contributed by atoms with E-state index in [0.29, 0.717) is 26.1 Å². The Hall–Kier alpha value is -3.18. The molecule has 0 spiro atoms. The molecule has 5 N–H and O–H groups in total. The van der Waals surface area contributed by atoms with Crippen LogP contribution >= 0.6 is 0 Å². The monoisotopic (exact) mass is 616 g/mol. The summed E-state index contributed by atoms with van der Waals surface area (Å²) in [7, 11) is 0. The first kappa shape index (κ1) is 33.7. The molecule has 0 aromatic carbocycles. The molecule has 6 amide bonds. The third kappa shape index (κ3) is 7.20. The topological polar surface area (TPSA) is 171 Å². The van der Waals surface area contributed by atoms with Crippen LogP contribution in [0.25, 0.3) is 0 Å². The molecule has 4 aliphatic rings. The van der Waals surface area contributed by atoms with Crippen LogP contribution in [0.1, 0.15) is 87.0 Å². The second kappa shape index (κ2) is 12.7. The number of hydrogen-bond acceptors (Lipinski definition) is 6. The van der Waals surface area contributed by atoms with Crippen molar-refractivity contribution in [3.63, 3.8) is 0 Å². The van der Waals surface area contributed by atoms with Crippen molar-refractivity contribution < 1.29 is 28.8 Å². The van der Waals surface area contributed by atoms with Crippen molar-refractivity contribution in [1.82, 2.24) is 25.8 Å². The minimum atomic E-state index is -1.10. The van der Waals surface area contributed by atoms with E-state index in [2.05, 4.69) is 29.8 Å².